The van der Waals surface area contributed by atoms with Crippen molar-refractivity contribution in [3.8, 4) is 17.2 Å². The largest absolute Gasteiger partial charge is 0.507 e. The van der Waals surface area contributed by atoms with E-state index in [1.807, 2.05) is 13.0 Å². The first-order valence-corrected chi connectivity index (χ1v) is 14.3. The molecule has 1 atom stereocenters. The highest BCUT2D eigenvalue weighted by atomic mass is 16.5. The molecule has 40 heavy (non-hydrogen) atoms. The standard InChI is InChI=1S/C32H44N2O6/c1-7-33(8-2)18-10-19-34-29(24-13-16-26(27(21-24)38-6)40-20-17-22(4)5)28(31(36)32(34)37)30(35)23-11-14-25(15-12-23)39-9-3/h11-16,21-22,29,35H,7-10,17-20H2,1-6H3/t29-/m1/s1. The van der Waals surface area contributed by atoms with Gasteiger partial charge in [0.25, 0.3) is 11.7 Å². The Bertz CT molecular complexity index is 1170. The number of Topliss-reactive ketones (excluding diaryl/α,β-unsaturated/α-hetero) is 1. The van der Waals surface area contributed by atoms with Crippen LogP contribution in [0.15, 0.2) is 48.0 Å². The number of methoxy groups -OCH3 is 1. The van der Waals surface area contributed by atoms with Crippen LogP contribution in [0, 0.1) is 5.92 Å². The van der Waals surface area contributed by atoms with Crippen LogP contribution in [-0.2, 0) is 9.59 Å². The zero-order chi connectivity index (χ0) is 29.2. The molecular weight excluding hydrogens is 508 g/mol. The first-order valence-electron chi connectivity index (χ1n) is 14.3. The average Bonchev–Trinajstić information content (AvgIpc) is 3.20. The van der Waals surface area contributed by atoms with E-state index in [0.717, 1.165) is 26.1 Å². The van der Waals surface area contributed by atoms with Crippen LogP contribution in [0.3, 0.4) is 0 Å². The summed E-state index contributed by atoms with van der Waals surface area (Å²) in [6.45, 7) is 14.4. The van der Waals surface area contributed by atoms with E-state index in [1.54, 1.807) is 48.4 Å². The lowest BCUT2D eigenvalue weighted by Crippen LogP contribution is -2.33. The van der Waals surface area contributed by atoms with E-state index in [0.29, 0.717) is 60.5 Å². The van der Waals surface area contributed by atoms with Crippen molar-refractivity contribution in [2.24, 2.45) is 5.92 Å². The SMILES string of the molecule is CCOc1ccc(C(O)=C2C(=O)C(=O)N(CCCN(CC)CC)[C@@H]2c2ccc(OCCC(C)C)c(OC)c2)cc1. The van der Waals surface area contributed by atoms with E-state index in [2.05, 4.69) is 32.6 Å². The highest BCUT2D eigenvalue weighted by Gasteiger charge is 2.46. The van der Waals surface area contributed by atoms with E-state index in [9.17, 15) is 14.7 Å². The van der Waals surface area contributed by atoms with Crippen molar-refractivity contribution in [3.63, 3.8) is 0 Å². The van der Waals surface area contributed by atoms with Gasteiger partial charge in [-0.1, -0.05) is 33.8 Å². The van der Waals surface area contributed by atoms with Crippen molar-refractivity contribution in [1.29, 1.82) is 0 Å². The van der Waals surface area contributed by atoms with Gasteiger partial charge in [-0.25, -0.2) is 0 Å². The van der Waals surface area contributed by atoms with Gasteiger partial charge in [0.1, 0.15) is 11.5 Å². The van der Waals surface area contributed by atoms with Crippen LogP contribution < -0.4 is 14.2 Å². The molecule has 218 valence electrons. The summed E-state index contributed by atoms with van der Waals surface area (Å²) in [7, 11) is 1.56. The molecule has 1 saturated heterocycles. The van der Waals surface area contributed by atoms with E-state index in [1.165, 1.54) is 0 Å². The van der Waals surface area contributed by atoms with Crippen molar-refractivity contribution in [3.05, 3.63) is 59.2 Å². The molecule has 0 aliphatic carbocycles. The summed E-state index contributed by atoms with van der Waals surface area (Å²) in [5, 5.41) is 11.4. The predicted molar refractivity (Wildman–Crippen MR) is 157 cm³/mol. The topological polar surface area (TPSA) is 88.5 Å². The van der Waals surface area contributed by atoms with Crippen LogP contribution in [0.4, 0.5) is 0 Å². The maximum Gasteiger partial charge on any atom is 0.295 e. The van der Waals surface area contributed by atoms with Gasteiger partial charge in [0.2, 0.25) is 0 Å². The Balaban J connectivity index is 2.03. The van der Waals surface area contributed by atoms with Crippen molar-refractivity contribution in [1.82, 2.24) is 9.80 Å². The molecular formula is C32H44N2O6. The number of carbonyl (C=O) groups excluding carboxylic acids is 2. The number of amides is 1. The van der Waals surface area contributed by atoms with Gasteiger partial charge in [0, 0.05) is 12.1 Å². The number of ether oxygens (including phenoxy) is 3. The van der Waals surface area contributed by atoms with Crippen molar-refractivity contribution in [2.75, 3.05) is 46.5 Å². The van der Waals surface area contributed by atoms with E-state index >= 15 is 0 Å². The number of ketones is 1. The van der Waals surface area contributed by atoms with Gasteiger partial charge < -0.3 is 29.1 Å². The number of benzene rings is 2. The number of rotatable bonds is 15. The van der Waals surface area contributed by atoms with Crippen LogP contribution in [0.5, 0.6) is 17.2 Å². The molecule has 1 N–H and O–H groups in total. The Morgan fingerprint density at radius 1 is 1.00 bits per heavy atom. The minimum Gasteiger partial charge on any atom is -0.507 e. The number of hydrogen-bond acceptors (Lipinski definition) is 7. The zero-order valence-corrected chi connectivity index (χ0v) is 24.7. The molecule has 0 saturated carbocycles. The van der Waals surface area contributed by atoms with Gasteiger partial charge in [0.15, 0.2) is 11.5 Å². The fraction of sp³-hybridized carbons (Fsp3) is 0.500. The van der Waals surface area contributed by atoms with Gasteiger partial charge in [0.05, 0.1) is 31.9 Å². The molecule has 1 heterocycles. The van der Waals surface area contributed by atoms with Crippen LogP contribution >= 0.6 is 0 Å². The lowest BCUT2D eigenvalue weighted by atomic mass is 9.95. The Hall–Kier alpha value is -3.52. The maximum absolute atomic E-state index is 13.4. The molecule has 0 unspecified atom stereocenters. The molecule has 0 aromatic heterocycles. The quantitative estimate of drug-likeness (QED) is 0.173. The lowest BCUT2D eigenvalue weighted by molar-refractivity contribution is -0.140. The van der Waals surface area contributed by atoms with E-state index in [4.69, 9.17) is 14.2 Å². The molecule has 0 spiro atoms. The average molecular weight is 553 g/mol. The summed E-state index contributed by atoms with van der Waals surface area (Å²) in [5.74, 6) is 0.736. The summed E-state index contributed by atoms with van der Waals surface area (Å²) in [4.78, 5) is 30.6. The van der Waals surface area contributed by atoms with Gasteiger partial charge in [-0.05, 0) is 87.3 Å². The normalized spacial score (nSPS) is 16.7. The van der Waals surface area contributed by atoms with Crippen molar-refractivity contribution >= 4 is 17.4 Å². The number of carbonyl (C=O) groups is 2. The molecule has 0 radical (unpaired) electrons. The number of nitrogens with zero attached hydrogens (tertiary/aromatic N) is 2. The first-order chi connectivity index (χ1) is 19.2. The molecule has 2 aromatic rings. The molecule has 1 fully saturated rings. The number of likely N-dealkylation sites (tertiary alicyclic amines) is 1. The smallest absolute Gasteiger partial charge is 0.295 e. The number of aliphatic hydroxyl groups is 1. The monoisotopic (exact) mass is 552 g/mol. The number of aliphatic hydroxyl groups excluding tert-OH is 1. The lowest BCUT2D eigenvalue weighted by Gasteiger charge is -2.27. The summed E-state index contributed by atoms with van der Waals surface area (Å²) in [6.07, 6.45) is 1.60. The molecule has 1 amide bonds. The Labute approximate surface area is 238 Å². The second-order valence-electron chi connectivity index (χ2n) is 10.3. The summed E-state index contributed by atoms with van der Waals surface area (Å²) >= 11 is 0. The van der Waals surface area contributed by atoms with Crippen LogP contribution in [0.1, 0.15) is 64.6 Å². The Morgan fingerprint density at radius 2 is 1.70 bits per heavy atom. The third kappa shape index (κ3) is 7.36. The van der Waals surface area contributed by atoms with Gasteiger partial charge in [-0.2, -0.15) is 0 Å². The van der Waals surface area contributed by atoms with E-state index in [-0.39, 0.29) is 11.3 Å². The van der Waals surface area contributed by atoms with Crippen LogP contribution in [-0.4, -0.2) is 73.1 Å². The van der Waals surface area contributed by atoms with Crippen molar-refractivity contribution < 1.29 is 28.9 Å². The molecule has 3 rings (SSSR count). The van der Waals surface area contributed by atoms with Crippen LogP contribution in [0.2, 0.25) is 0 Å². The molecule has 0 bridgehead atoms. The molecule has 8 heteroatoms. The summed E-state index contributed by atoms with van der Waals surface area (Å²) in [5.41, 5.74) is 1.17. The minimum absolute atomic E-state index is 0.0625. The first kappa shape index (κ1) is 31.0. The van der Waals surface area contributed by atoms with Gasteiger partial charge in [-0.15, -0.1) is 0 Å². The Morgan fingerprint density at radius 3 is 2.30 bits per heavy atom. The van der Waals surface area contributed by atoms with Gasteiger partial charge >= 0.3 is 0 Å². The van der Waals surface area contributed by atoms with E-state index < -0.39 is 17.7 Å². The molecule has 8 nitrogen and oxygen atoms in total. The second-order valence-corrected chi connectivity index (χ2v) is 10.3. The third-order valence-electron chi connectivity index (χ3n) is 7.20. The summed E-state index contributed by atoms with van der Waals surface area (Å²) in [6, 6.07) is 11.5. The third-order valence-corrected chi connectivity index (χ3v) is 7.20. The molecule has 1 aliphatic rings. The minimum atomic E-state index is -0.762. The van der Waals surface area contributed by atoms with Crippen LogP contribution in [0.25, 0.3) is 5.76 Å². The Kier molecular flexibility index (Phi) is 11.4. The number of hydrogen-bond donors (Lipinski definition) is 1. The maximum atomic E-state index is 13.4. The van der Waals surface area contributed by atoms with Gasteiger partial charge in [-0.3, -0.25) is 9.59 Å². The second kappa shape index (κ2) is 14.7. The predicted octanol–water partition coefficient (Wildman–Crippen LogP) is 5.67. The fourth-order valence-corrected chi connectivity index (χ4v) is 4.87. The molecule has 1 aliphatic heterocycles. The van der Waals surface area contributed by atoms with Crippen molar-refractivity contribution in [2.45, 2.75) is 53.5 Å². The highest BCUT2D eigenvalue weighted by molar-refractivity contribution is 6.46. The summed E-state index contributed by atoms with van der Waals surface area (Å²) < 4.78 is 17.1. The molecule has 2 aromatic carbocycles. The fourth-order valence-electron chi connectivity index (χ4n) is 4.87. The highest BCUT2D eigenvalue weighted by Crippen LogP contribution is 2.42. The zero-order valence-electron chi connectivity index (χ0n) is 24.7.